The minimum Gasteiger partial charge on any atom is -0.458 e. The van der Waals surface area contributed by atoms with Gasteiger partial charge in [0.25, 0.3) is 6.33 Å². The van der Waals surface area contributed by atoms with Crippen molar-refractivity contribution in [1.82, 2.24) is 14.1 Å². The highest BCUT2D eigenvalue weighted by molar-refractivity contribution is 6.09. The maximum atomic E-state index is 8.90. The monoisotopic (exact) mass is 834 g/mol. The SMILES string of the molecule is [2H]c1c([2H])c([2H])c(-c2ccc3c(c2)n(-c2cccc(Oc4ccc5c6ccccc6n(-c6cc(C(C)(C)C)ccn6)c5c4)c2)[c-][n+]3-c2c(C(C)(C)C)cc(C(C)(C)C)cc2C(C)(C)C)c([2H])c1[2H]. The number of benzene rings is 6. The number of imidazole rings is 1. The summed E-state index contributed by atoms with van der Waals surface area (Å²) in [6.45, 7) is 26.9. The molecule has 0 aliphatic heterocycles. The Morgan fingerprint density at radius 2 is 1.22 bits per heavy atom. The predicted molar refractivity (Wildman–Crippen MR) is 263 cm³/mol. The molecule has 63 heavy (non-hydrogen) atoms. The van der Waals surface area contributed by atoms with Crippen molar-refractivity contribution in [3.8, 4) is 39.8 Å². The topological polar surface area (TPSA) is 35.9 Å². The van der Waals surface area contributed by atoms with Gasteiger partial charge in [0.15, 0.2) is 0 Å². The van der Waals surface area contributed by atoms with E-state index in [9.17, 15) is 0 Å². The summed E-state index contributed by atoms with van der Waals surface area (Å²) in [5, 5.41) is 2.22. The molecule has 9 rings (SSSR count). The molecule has 0 saturated carbocycles. The number of pyridine rings is 1. The molecule has 9 aromatic rings. The van der Waals surface area contributed by atoms with Crippen molar-refractivity contribution >= 4 is 32.8 Å². The van der Waals surface area contributed by atoms with Crippen molar-refractivity contribution in [1.29, 1.82) is 0 Å². The minimum absolute atomic E-state index is 0.0560. The molecule has 0 spiro atoms. The molecule has 3 heterocycles. The van der Waals surface area contributed by atoms with Crippen LogP contribution in [0, 0.1) is 6.33 Å². The molecule has 5 nitrogen and oxygen atoms in total. The zero-order valence-electron chi connectivity index (χ0n) is 43.7. The molecule has 0 radical (unpaired) electrons. The number of hydrogen-bond donors (Lipinski definition) is 0. The van der Waals surface area contributed by atoms with Crippen LogP contribution in [0.1, 0.15) is 112 Å². The molecule has 0 atom stereocenters. The van der Waals surface area contributed by atoms with Crippen molar-refractivity contribution in [2.24, 2.45) is 0 Å². The number of fused-ring (bicyclic) bond motifs is 4. The third-order valence-corrected chi connectivity index (χ3v) is 12.1. The van der Waals surface area contributed by atoms with Crippen LogP contribution in [-0.4, -0.2) is 14.1 Å². The molecular weight excluding hydrogens is 769 g/mol. The Balaban J connectivity index is 1.25. The lowest BCUT2D eigenvalue weighted by molar-refractivity contribution is -0.574. The minimum atomic E-state index is -0.425. The van der Waals surface area contributed by atoms with Gasteiger partial charge in [0, 0.05) is 23.0 Å². The third kappa shape index (κ3) is 7.84. The largest absolute Gasteiger partial charge is 0.458 e. The summed E-state index contributed by atoms with van der Waals surface area (Å²) in [5.41, 5.74) is 10.2. The van der Waals surface area contributed by atoms with Gasteiger partial charge in [0.2, 0.25) is 0 Å². The van der Waals surface area contributed by atoms with E-state index in [1.807, 2.05) is 59.3 Å². The second kappa shape index (κ2) is 15.1. The van der Waals surface area contributed by atoms with Crippen LogP contribution < -0.4 is 9.30 Å². The highest BCUT2D eigenvalue weighted by atomic mass is 16.5. The molecule has 0 N–H and O–H groups in total. The Morgan fingerprint density at radius 1 is 0.556 bits per heavy atom. The van der Waals surface area contributed by atoms with Crippen LogP contribution >= 0.6 is 0 Å². The first-order valence-corrected chi connectivity index (χ1v) is 21.9. The van der Waals surface area contributed by atoms with Crippen molar-refractivity contribution < 1.29 is 16.2 Å². The van der Waals surface area contributed by atoms with Crippen LogP contribution in [0.3, 0.4) is 0 Å². The lowest BCUT2D eigenvalue weighted by Crippen LogP contribution is -2.38. The van der Waals surface area contributed by atoms with Crippen molar-refractivity contribution in [2.45, 2.75) is 105 Å². The number of nitrogens with zero attached hydrogens (tertiary/aromatic N) is 4. The Morgan fingerprint density at radius 3 is 1.90 bits per heavy atom. The van der Waals surface area contributed by atoms with Gasteiger partial charge in [-0.3, -0.25) is 13.7 Å². The second-order valence-corrected chi connectivity index (χ2v) is 20.9. The van der Waals surface area contributed by atoms with E-state index in [4.69, 9.17) is 16.6 Å². The van der Waals surface area contributed by atoms with E-state index in [0.717, 1.165) is 50.0 Å². The summed E-state index contributed by atoms with van der Waals surface area (Å²) in [6, 6.07) is 35.5. The van der Waals surface area contributed by atoms with Gasteiger partial charge >= 0.3 is 0 Å². The lowest BCUT2D eigenvalue weighted by Gasteiger charge is -2.34. The van der Waals surface area contributed by atoms with Gasteiger partial charge in [-0.2, -0.15) is 0 Å². The molecule has 0 saturated heterocycles. The van der Waals surface area contributed by atoms with Gasteiger partial charge in [-0.25, -0.2) is 4.98 Å². The van der Waals surface area contributed by atoms with Gasteiger partial charge < -0.3 is 4.74 Å². The maximum absolute atomic E-state index is 8.90. The summed E-state index contributed by atoms with van der Waals surface area (Å²) in [4.78, 5) is 4.87. The van der Waals surface area contributed by atoms with Gasteiger partial charge in [0.1, 0.15) is 17.3 Å². The first-order valence-electron chi connectivity index (χ1n) is 24.4. The summed E-state index contributed by atoms with van der Waals surface area (Å²) < 4.78 is 56.2. The first kappa shape index (κ1) is 36.1. The summed E-state index contributed by atoms with van der Waals surface area (Å²) in [5.74, 6) is 2.11. The number of rotatable bonds is 6. The zero-order chi connectivity index (χ0) is 49.0. The van der Waals surface area contributed by atoms with E-state index in [-0.39, 0.29) is 51.4 Å². The van der Waals surface area contributed by atoms with Crippen LogP contribution in [0.5, 0.6) is 11.5 Å². The van der Waals surface area contributed by atoms with Crippen molar-refractivity contribution in [3.05, 3.63) is 174 Å². The average molecular weight is 834 g/mol. The Bertz CT molecular complexity index is 3420. The Hall–Kier alpha value is -6.46. The Kier molecular flexibility index (Phi) is 8.65. The molecule has 0 aliphatic carbocycles. The fraction of sp³-hybridized carbons (Fsp3) is 0.276. The van der Waals surface area contributed by atoms with Crippen LogP contribution in [0.4, 0.5) is 0 Å². The van der Waals surface area contributed by atoms with Gasteiger partial charge in [-0.1, -0.05) is 162 Å². The Labute approximate surface area is 380 Å². The standard InChI is InChI=1S/C58H60N4O/c1-55(2,3)40-29-30-59-53(34-40)62-49-24-17-16-23-45(49)46-27-26-44(36-51(46)62)63-43-22-18-21-42(35-43)60-37-61(50-28-25-39(31-52(50)60)38-19-14-13-15-20-38)54-47(57(7,8)9)32-41(56(4,5)6)33-48(54)58(10,11)12/h13-36H,1-12H3/i13D,14D,15D,19D,20D. The van der Waals surface area contributed by atoms with E-state index in [2.05, 4.69) is 159 Å². The molecule has 0 aliphatic rings. The summed E-state index contributed by atoms with van der Waals surface area (Å²) in [7, 11) is 0. The molecular formula is C58H60N4O. The van der Waals surface area contributed by atoms with Gasteiger partial charge in [-0.05, 0) is 110 Å². The van der Waals surface area contributed by atoms with E-state index in [1.165, 1.54) is 22.3 Å². The molecule has 6 aromatic carbocycles. The summed E-state index contributed by atoms with van der Waals surface area (Å²) in [6.07, 6.45) is 5.67. The predicted octanol–water partition coefficient (Wildman–Crippen LogP) is 14.8. The molecule has 0 fully saturated rings. The number of ether oxygens (including phenoxy) is 1. The van der Waals surface area contributed by atoms with Crippen LogP contribution in [0.15, 0.2) is 146 Å². The fourth-order valence-corrected chi connectivity index (χ4v) is 8.56. The molecule has 0 bridgehead atoms. The average Bonchev–Trinajstić information content (AvgIpc) is 3.82. The first-order chi connectivity index (χ1) is 31.8. The van der Waals surface area contributed by atoms with E-state index in [0.29, 0.717) is 17.1 Å². The van der Waals surface area contributed by atoms with Crippen LogP contribution in [0.25, 0.3) is 61.2 Å². The molecule has 318 valence electrons. The zero-order valence-corrected chi connectivity index (χ0v) is 38.7. The van der Waals surface area contributed by atoms with E-state index < -0.39 is 6.04 Å². The number of hydrogen-bond acceptors (Lipinski definition) is 2. The molecule has 0 amide bonds. The van der Waals surface area contributed by atoms with Crippen LogP contribution in [-0.2, 0) is 21.7 Å². The summed E-state index contributed by atoms with van der Waals surface area (Å²) >= 11 is 0. The van der Waals surface area contributed by atoms with Crippen molar-refractivity contribution in [2.75, 3.05) is 0 Å². The quantitative estimate of drug-likeness (QED) is 0.124. The highest BCUT2D eigenvalue weighted by Crippen LogP contribution is 2.41. The van der Waals surface area contributed by atoms with Crippen LogP contribution in [0.2, 0.25) is 0 Å². The third-order valence-electron chi connectivity index (χ3n) is 12.1. The maximum Gasteiger partial charge on any atom is 0.269 e. The number of para-hydroxylation sites is 1. The normalized spacial score (nSPS) is 13.9. The lowest BCUT2D eigenvalue weighted by atomic mass is 9.74. The number of aromatic nitrogens is 4. The fourth-order valence-electron chi connectivity index (χ4n) is 8.56. The van der Waals surface area contributed by atoms with Gasteiger partial charge in [-0.15, -0.1) is 0 Å². The molecule has 3 aromatic heterocycles. The molecule has 5 heteroatoms. The van der Waals surface area contributed by atoms with Crippen molar-refractivity contribution in [3.63, 3.8) is 0 Å². The molecule has 0 unspecified atom stereocenters. The van der Waals surface area contributed by atoms with Gasteiger partial charge in [0.05, 0.1) is 40.3 Å². The van der Waals surface area contributed by atoms with E-state index >= 15 is 0 Å². The highest BCUT2D eigenvalue weighted by Gasteiger charge is 2.31. The van der Waals surface area contributed by atoms with E-state index in [1.54, 1.807) is 0 Å². The smallest absolute Gasteiger partial charge is 0.269 e. The second-order valence-electron chi connectivity index (χ2n) is 20.9.